The zero-order valence-corrected chi connectivity index (χ0v) is 11.3. The average molecular weight is 245 g/mol. The molecule has 96 valence electrons. The first-order valence-electron chi connectivity index (χ1n) is 5.87. The van der Waals surface area contributed by atoms with Gasteiger partial charge in [-0.15, -0.1) is 0 Å². The summed E-state index contributed by atoms with van der Waals surface area (Å²) in [4.78, 5) is 11.1. The predicted octanol–water partition coefficient (Wildman–Crippen LogP) is 2.40. The molecule has 4 nitrogen and oxygen atoms in total. The molecule has 2 N–H and O–H groups in total. The molecule has 18 heavy (non-hydrogen) atoms. The standard InChI is InChI=1S/C14H19N3O/c1-10(18)17-13-6-5-11(8-15)7-12(13)9-16-14(2,3)4/h5-7,16H,9H2,1-4H3,(H,17,18). The molecule has 4 heteroatoms. The molecule has 0 unspecified atom stereocenters. The number of nitriles is 1. The number of hydrogen-bond donors (Lipinski definition) is 2. The highest BCUT2D eigenvalue weighted by Gasteiger charge is 2.11. The van der Waals surface area contributed by atoms with Crippen LogP contribution in [0, 0.1) is 11.3 Å². The van der Waals surface area contributed by atoms with E-state index in [4.69, 9.17) is 5.26 Å². The lowest BCUT2D eigenvalue weighted by molar-refractivity contribution is -0.114. The van der Waals surface area contributed by atoms with Gasteiger partial charge in [-0.05, 0) is 44.5 Å². The largest absolute Gasteiger partial charge is 0.326 e. The Morgan fingerprint density at radius 3 is 2.56 bits per heavy atom. The van der Waals surface area contributed by atoms with E-state index in [0.717, 1.165) is 11.3 Å². The van der Waals surface area contributed by atoms with Gasteiger partial charge in [0.15, 0.2) is 0 Å². The second-order valence-electron chi connectivity index (χ2n) is 5.27. The van der Waals surface area contributed by atoms with Gasteiger partial charge in [0, 0.05) is 24.7 Å². The Hall–Kier alpha value is -1.86. The SMILES string of the molecule is CC(=O)Nc1ccc(C#N)cc1CNC(C)(C)C. The first-order chi connectivity index (χ1) is 8.31. The number of anilines is 1. The van der Waals surface area contributed by atoms with E-state index in [1.54, 1.807) is 18.2 Å². The summed E-state index contributed by atoms with van der Waals surface area (Å²) in [6, 6.07) is 7.36. The number of hydrogen-bond acceptors (Lipinski definition) is 3. The average Bonchev–Trinajstić information content (AvgIpc) is 2.26. The van der Waals surface area contributed by atoms with Gasteiger partial charge >= 0.3 is 0 Å². The fourth-order valence-corrected chi connectivity index (χ4v) is 1.48. The third-order valence-corrected chi connectivity index (χ3v) is 2.35. The second kappa shape index (κ2) is 5.65. The van der Waals surface area contributed by atoms with Crippen molar-refractivity contribution in [3.8, 4) is 6.07 Å². The molecule has 1 aromatic carbocycles. The lowest BCUT2D eigenvalue weighted by Crippen LogP contribution is -2.35. The molecular formula is C14H19N3O. The highest BCUT2D eigenvalue weighted by molar-refractivity contribution is 5.89. The maximum atomic E-state index is 11.1. The Morgan fingerprint density at radius 1 is 1.39 bits per heavy atom. The van der Waals surface area contributed by atoms with Crippen molar-refractivity contribution in [3.05, 3.63) is 29.3 Å². The first-order valence-corrected chi connectivity index (χ1v) is 5.87. The number of carbonyl (C=O) groups is 1. The molecule has 0 saturated heterocycles. The van der Waals surface area contributed by atoms with Crippen LogP contribution in [0.4, 0.5) is 5.69 Å². The molecule has 1 rings (SSSR count). The van der Waals surface area contributed by atoms with Crippen LogP contribution in [0.1, 0.15) is 38.8 Å². The van der Waals surface area contributed by atoms with Crippen LogP contribution in [0.5, 0.6) is 0 Å². The Bertz CT molecular complexity index is 481. The molecule has 0 aliphatic heterocycles. The van der Waals surface area contributed by atoms with Crippen molar-refractivity contribution >= 4 is 11.6 Å². The van der Waals surface area contributed by atoms with Gasteiger partial charge in [0.2, 0.25) is 5.91 Å². The Balaban J connectivity index is 2.97. The summed E-state index contributed by atoms with van der Waals surface area (Å²) in [5, 5.41) is 15.0. The van der Waals surface area contributed by atoms with Crippen molar-refractivity contribution in [1.82, 2.24) is 5.32 Å². The van der Waals surface area contributed by atoms with Crippen molar-refractivity contribution in [2.24, 2.45) is 0 Å². The molecule has 0 saturated carbocycles. The van der Waals surface area contributed by atoms with E-state index in [1.807, 2.05) is 0 Å². The molecule has 1 amide bonds. The van der Waals surface area contributed by atoms with Crippen LogP contribution in [0.15, 0.2) is 18.2 Å². The minimum absolute atomic E-state index is 0.0177. The van der Waals surface area contributed by atoms with Crippen molar-refractivity contribution in [1.29, 1.82) is 5.26 Å². The van der Waals surface area contributed by atoms with Crippen molar-refractivity contribution in [2.75, 3.05) is 5.32 Å². The number of benzene rings is 1. The third-order valence-electron chi connectivity index (χ3n) is 2.35. The summed E-state index contributed by atoms with van der Waals surface area (Å²) in [5.41, 5.74) is 2.24. The minimum atomic E-state index is -0.114. The number of rotatable bonds is 3. The molecule has 0 heterocycles. The molecule has 0 aliphatic carbocycles. The molecule has 0 spiro atoms. The quantitative estimate of drug-likeness (QED) is 0.859. The van der Waals surface area contributed by atoms with Gasteiger partial charge in [0.25, 0.3) is 0 Å². The molecule has 0 bridgehead atoms. The van der Waals surface area contributed by atoms with E-state index < -0.39 is 0 Å². The van der Waals surface area contributed by atoms with E-state index in [0.29, 0.717) is 12.1 Å². The van der Waals surface area contributed by atoms with Gasteiger partial charge in [-0.1, -0.05) is 0 Å². The van der Waals surface area contributed by atoms with Crippen LogP contribution in [0.25, 0.3) is 0 Å². The zero-order valence-electron chi connectivity index (χ0n) is 11.3. The second-order valence-corrected chi connectivity index (χ2v) is 5.27. The van der Waals surface area contributed by atoms with Crippen molar-refractivity contribution < 1.29 is 4.79 Å². The lowest BCUT2D eigenvalue weighted by atomic mass is 10.1. The topological polar surface area (TPSA) is 64.9 Å². The fraction of sp³-hybridized carbons (Fsp3) is 0.429. The highest BCUT2D eigenvalue weighted by atomic mass is 16.1. The van der Waals surface area contributed by atoms with Crippen LogP contribution < -0.4 is 10.6 Å². The third kappa shape index (κ3) is 4.56. The number of carbonyl (C=O) groups excluding carboxylic acids is 1. The fourth-order valence-electron chi connectivity index (χ4n) is 1.48. The Kier molecular flexibility index (Phi) is 4.46. The summed E-state index contributed by atoms with van der Waals surface area (Å²) in [6.07, 6.45) is 0. The van der Waals surface area contributed by atoms with E-state index >= 15 is 0 Å². The first kappa shape index (κ1) is 14.2. The van der Waals surface area contributed by atoms with Crippen LogP contribution in [-0.4, -0.2) is 11.4 Å². The Morgan fingerprint density at radius 2 is 2.06 bits per heavy atom. The van der Waals surface area contributed by atoms with E-state index in [1.165, 1.54) is 6.92 Å². The number of nitrogens with one attached hydrogen (secondary N) is 2. The van der Waals surface area contributed by atoms with Gasteiger partial charge in [-0.2, -0.15) is 5.26 Å². The van der Waals surface area contributed by atoms with Crippen LogP contribution in [0.2, 0.25) is 0 Å². The van der Waals surface area contributed by atoms with Gasteiger partial charge < -0.3 is 10.6 Å². The summed E-state index contributed by atoms with van der Waals surface area (Å²) >= 11 is 0. The minimum Gasteiger partial charge on any atom is -0.326 e. The number of amides is 1. The summed E-state index contributed by atoms with van der Waals surface area (Å²) in [6.45, 7) is 8.28. The predicted molar refractivity (Wildman–Crippen MR) is 72.1 cm³/mol. The molecule has 1 aromatic rings. The molecule has 0 atom stereocenters. The van der Waals surface area contributed by atoms with E-state index in [2.05, 4.69) is 37.5 Å². The smallest absolute Gasteiger partial charge is 0.221 e. The molecule has 0 aliphatic rings. The summed E-state index contributed by atoms with van der Waals surface area (Å²) in [7, 11) is 0. The van der Waals surface area contributed by atoms with Crippen LogP contribution >= 0.6 is 0 Å². The van der Waals surface area contributed by atoms with Gasteiger partial charge in [-0.3, -0.25) is 4.79 Å². The van der Waals surface area contributed by atoms with E-state index in [-0.39, 0.29) is 11.4 Å². The molecule has 0 fully saturated rings. The molecular weight excluding hydrogens is 226 g/mol. The lowest BCUT2D eigenvalue weighted by Gasteiger charge is -2.21. The van der Waals surface area contributed by atoms with Gasteiger partial charge in [0.1, 0.15) is 0 Å². The summed E-state index contributed by atoms with van der Waals surface area (Å²) in [5.74, 6) is -0.114. The van der Waals surface area contributed by atoms with Crippen molar-refractivity contribution in [3.63, 3.8) is 0 Å². The Labute approximate surface area is 108 Å². The zero-order chi connectivity index (χ0) is 13.8. The molecule has 0 radical (unpaired) electrons. The maximum Gasteiger partial charge on any atom is 0.221 e. The maximum absolute atomic E-state index is 11.1. The van der Waals surface area contributed by atoms with Crippen LogP contribution in [-0.2, 0) is 11.3 Å². The van der Waals surface area contributed by atoms with E-state index in [9.17, 15) is 4.79 Å². The van der Waals surface area contributed by atoms with Gasteiger partial charge in [-0.25, -0.2) is 0 Å². The highest BCUT2D eigenvalue weighted by Crippen LogP contribution is 2.18. The normalized spacial score (nSPS) is 10.8. The van der Waals surface area contributed by atoms with Crippen LogP contribution in [0.3, 0.4) is 0 Å². The van der Waals surface area contributed by atoms with Crippen molar-refractivity contribution in [2.45, 2.75) is 39.8 Å². The number of nitrogens with zero attached hydrogens (tertiary/aromatic N) is 1. The molecule has 0 aromatic heterocycles. The summed E-state index contributed by atoms with van der Waals surface area (Å²) < 4.78 is 0. The monoisotopic (exact) mass is 245 g/mol. The van der Waals surface area contributed by atoms with Gasteiger partial charge in [0.05, 0.1) is 11.6 Å².